The third-order valence-electron chi connectivity index (χ3n) is 3.33. The molecule has 2 aromatic carbocycles. The Balaban J connectivity index is 2.38. The lowest BCUT2D eigenvalue weighted by Gasteiger charge is -2.13. The van der Waals surface area contributed by atoms with E-state index >= 15 is 0 Å². The topological polar surface area (TPSA) is 9.23 Å². The van der Waals surface area contributed by atoms with Gasteiger partial charge in [-0.15, -0.1) is 0 Å². The zero-order valence-corrected chi connectivity index (χ0v) is 10.9. The normalized spacial score (nSPS) is 10.4. The molecule has 0 fully saturated rings. The van der Waals surface area contributed by atoms with Crippen LogP contribution in [0.2, 0.25) is 0 Å². The fourth-order valence-corrected chi connectivity index (χ4v) is 1.79. The monoisotopic (exact) mass is 226 g/mol. The first kappa shape index (κ1) is 11.7. The molecular formula is C16H18O. The highest BCUT2D eigenvalue weighted by Crippen LogP contribution is 2.30. The highest BCUT2D eigenvalue weighted by Gasteiger charge is 2.06. The maximum atomic E-state index is 6.00. The molecule has 2 rings (SSSR count). The van der Waals surface area contributed by atoms with Crippen molar-refractivity contribution >= 4 is 0 Å². The molecule has 0 aliphatic rings. The average molecular weight is 226 g/mol. The first-order chi connectivity index (χ1) is 8.09. The number of rotatable bonds is 2. The number of benzene rings is 2. The van der Waals surface area contributed by atoms with Crippen LogP contribution in [0.25, 0.3) is 0 Å². The largest absolute Gasteiger partial charge is 0.457 e. The van der Waals surface area contributed by atoms with Crippen LogP contribution in [0.15, 0.2) is 36.4 Å². The predicted octanol–water partition coefficient (Wildman–Crippen LogP) is 4.71. The summed E-state index contributed by atoms with van der Waals surface area (Å²) < 4.78 is 6.00. The zero-order chi connectivity index (χ0) is 12.4. The lowest BCUT2D eigenvalue weighted by Crippen LogP contribution is -1.93. The van der Waals surface area contributed by atoms with Crippen molar-refractivity contribution in [3.63, 3.8) is 0 Å². The van der Waals surface area contributed by atoms with Gasteiger partial charge in [0, 0.05) is 0 Å². The molecular weight excluding hydrogens is 208 g/mol. The summed E-state index contributed by atoms with van der Waals surface area (Å²) in [5.74, 6) is 1.89. The Kier molecular flexibility index (Phi) is 3.19. The Morgan fingerprint density at radius 2 is 1.06 bits per heavy atom. The van der Waals surface area contributed by atoms with E-state index in [1.807, 2.05) is 24.3 Å². The van der Waals surface area contributed by atoms with Crippen molar-refractivity contribution in [3.05, 3.63) is 58.7 Å². The second-order valence-electron chi connectivity index (χ2n) is 4.50. The van der Waals surface area contributed by atoms with E-state index in [1.165, 1.54) is 22.3 Å². The van der Waals surface area contributed by atoms with Crippen molar-refractivity contribution in [2.75, 3.05) is 0 Å². The Morgan fingerprint density at radius 3 is 1.47 bits per heavy atom. The van der Waals surface area contributed by atoms with Gasteiger partial charge in [0.1, 0.15) is 11.5 Å². The van der Waals surface area contributed by atoms with Crippen LogP contribution in [0.4, 0.5) is 0 Å². The Morgan fingerprint density at radius 1 is 0.647 bits per heavy atom. The van der Waals surface area contributed by atoms with E-state index in [0.29, 0.717) is 0 Å². The molecule has 1 heteroatoms. The minimum absolute atomic E-state index is 0.943. The van der Waals surface area contributed by atoms with Gasteiger partial charge in [-0.2, -0.15) is 0 Å². The Hall–Kier alpha value is -1.76. The van der Waals surface area contributed by atoms with Crippen LogP contribution < -0.4 is 4.74 Å². The molecule has 0 heterocycles. The smallest absolute Gasteiger partial charge is 0.130 e. The van der Waals surface area contributed by atoms with Gasteiger partial charge >= 0.3 is 0 Å². The summed E-state index contributed by atoms with van der Waals surface area (Å²) in [6, 6.07) is 12.3. The minimum Gasteiger partial charge on any atom is -0.457 e. The fraction of sp³-hybridized carbons (Fsp3) is 0.250. The van der Waals surface area contributed by atoms with Crippen LogP contribution in [-0.4, -0.2) is 0 Å². The molecule has 2 aromatic rings. The van der Waals surface area contributed by atoms with E-state index in [4.69, 9.17) is 4.74 Å². The number of hydrogen-bond donors (Lipinski definition) is 0. The molecule has 0 aliphatic carbocycles. The molecule has 0 saturated carbocycles. The Labute approximate surface area is 103 Å². The molecule has 0 bridgehead atoms. The van der Waals surface area contributed by atoms with E-state index in [2.05, 4.69) is 39.8 Å². The highest BCUT2D eigenvalue weighted by atomic mass is 16.5. The van der Waals surface area contributed by atoms with Crippen molar-refractivity contribution in [2.45, 2.75) is 27.7 Å². The summed E-state index contributed by atoms with van der Waals surface area (Å²) in [6.45, 7) is 8.39. The van der Waals surface area contributed by atoms with E-state index in [0.717, 1.165) is 11.5 Å². The maximum absolute atomic E-state index is 6.00. The summed E-state index contributed by atoms with van der Waals surface area (Å²) in [5, 5.41) is 0. The molecule has 0 N–H and O–H groups in total. The summed E-state index contributed by atoms with van der Waals surface area (Å²) in [6.07, 6.45) is 0. The molecule has 0 aromatic heterocycles. The van der Waals surface area contributed by atoms with Crippen LogP contribution in [0.5, 0.6) is 11.5 Å². The van der Waals surface area contributed by atoms with Gasteiger partial charge in [-0.1, -0.05) is 24.3 Å². The minimum atomic E-state index is 0.943. The van der Waals surface area contributed by atoms with Crippen LogP contribution in [0, 0.1) is 27.7 Å². The quantitative estimate of drug-likeness (QED) is 0.720. The van der Waals surface area contributed by atoms with Crippen molar-refractivity contribution in [1.29, 1.82) is 0 Å². The first-order valence-electron chi connectivity index (χ1n) is 5.90. The van der Waals surface area contributed by atoms with Crippen molar-refractivity contribution in [3.8, 4) is 11.5 Å². The van der Waals surface area contributed by atoms with Gasteiger partial charge < -0.3 is 4.74 Å². The molecule has 0 atom stereocenters. The number of hydrogen-bond acceptors (Lipinski definition) is 1. The molecule has 0 radical (unpaired) electrons. The summed E-state index contributed by atoms with van der Waals surface area (Å²) >= 11 is 0. The van der Waals surface area contributed by atoms with E-state index < -0.39 is 0 Å². The summed E-state index contributed by atoms with van der Waals surface area (Å²) in [5.41, 5.74) is 4.92. The Bertz CT molecular complexity index is 492. The van der Waals surface area contributed by atoms with Crippen molar-refractivity contribution in [2.24, 2.45) is 0 Å². The second kappa shape index (κ2) is 4.62. The van der Waals surface area contributed by atoms with Crippen LogP contribution in [0.1, 0.15) is 22.3 Å². The molecule has 0 saturated heterocycles. The molecule has 0 spiro atoms. The van der Waals surface area contributed by atoms with Crippen LogP contribution >= 0.6 is 0 Å². The standard InChI is InChI=1S/C16H18O/c1-11-7-5-9-15(13(11)3)17-16-10-6-8-12(2)14(16)4/h5-10H,1-4H3. The van der Waals surface area contributed by atoms with Crippen LogP contribution in [-0.2, 0) is 0 Å². The van der Waals surface area contributed by atoms with Gasteiger partial charge in [0.2, 0.25) is 0 Å². The molecule has 0 unspecified atom stereocenters. The number of ether oxygens (including phenoxy) is 1. The molecule has 1 nitrogen and oxygen atoms in total. The first-order valence-corrected chi connectivity index (χ1v) is 5.90. The summed E-state index contributed by atoms with van der Waals surface area (Å²) in [7, 11) is 0. The van der Waals surface area contributed by atoms with Crippen molar-refractivity contribution in [1.82, 2.24) is 0 Å². The van der Waals surface area contributed by atoms with Gasteiger partial charge in [0.25, 0.3) is 0 Å². The SMILES string of the molecule is Cc1cccc(Oc2cccc(C)c2C)c1C. The third kappa shape index (κ3) is 2.33. The van der Waals surface area contributed by atoms with Gasteiger partial charge in [-0.3, -0.25) is 0 Å². The maximum Gasteiger partial charge on any atom is 0.130 e. The van der Waals surface area contributed by atoms with E-state index in [-0.39, 0.29) is 0 Å². The molecule has 17 heavy (non-hydrogen) atoms. The molecule has 88 valence electrons. The van der Waals surface area contributed by atoms with Gasteiger partial charge in [0.05, 0.1) is 0 Å². The highest BCUT2D eigenvalue weighted by molar-refractivity contribution is 5.45. The van der Waals surface area contributed by atoms with Crippen LogP contribution in [0.3, 0.4) is 0 Å². The second-order valence-corrected chi connectivity index (χ2v) is 4.50. The van der Waals surface area contributed by atoms with Crippen molar-refractivity contribution < 1.29 is 4.74 Å². The van der Waals surface area contributed by atoms with Gasteiger partial charge in [0.15, 0.2) is 0 Å². The van der Waals surface area contributed by atoms with Gasteiger partial charge in [-0.25, -0.2) is 0 Å². The van der Waals surface area contributed by atoms with Gasteiger partial charge in [-0.05, 0) is 62.1 Å². The summed E-state index contributed by atoms with van der Waals surface area (Å²) in [4.78, 5) is 0. The van der Waals surface area contributed by atoms with E-state index in [1.54, 1.807) is 0 Å². The zero-order valence-electron chi connectivity index (χ0n) is 10.9. The number of aryl methyl sites for hydroxylation is 2. The van der Waals surface area contributed by atoms with E-state index in [9.17, 15) is 0 Å². The lowest BCUT2D eigenvalue weighted by molar-refractivity contribution is 0.474. The molecule has 0 amide bonds. The third-order valence-corrected chi connectivity index (χ3v) is 3.33. The fourth-order valence-electron chi connectivity index (χ4n) is 1.79. The lowest BCUT2D eigenvalue weighted by atomic mass is 10.1. The average Bonchev–Trinajstić information content (AvgIpc) is 2.31. The predicted molar refractivity (Wildman–Crippen MR) is 71.9 cm³/mol. The molecule has 0 aliphatic heterocycles.